The van der Waals surface area contributed by atoms with Gasteiger partial charge in [0.2, 0.25) is 0 Å². The highest BCUT2D eigenvalue weighted by Gasteiger charge is 2.22. The van der Waals surface area contributed by atoms with Gasteiger partial charge in [0.25, 0.3) is 0 Å². The van der Waals surface area contributed by atoms with E-state index in [-0.39, 0.29) is 0 Å². The van der Waals surface area contributed by atoms with Crippen LogP contribution in [-0.2, 0) is 7.05 Å². The third-order valence-corrected chi connectivity index (χ3v) is 4.16. The van der Waals surface area contributed by atoms with E-state index in [2.05, 4.69) is 44.4 Å². The number of halogens is 1. The fraction of sp³-hybridized carbons (Fsp3) is 0.727. The second kappa shape index (κ2) is 4.66. The average molecular weight is 272 g/mol. The van der Waals surface area contributed by atoms with Crippen LogP contribution in [0.4, 0.5) is 0 Å². The van der Waals surface area contributed by atoms with E-state index in [1.54, 1.807) is 0 Å². The molecule has 1 saturated heterocycles. The summed E-state index contributed by atoms with van der Waals surface area (Å²) < 4.78 is 3.10. The lowest BCUT2D eigenvalue weighted by atomic mass is 9.94. The van der Waals surface area contributed by atoms with Crippen molar-refractivity contribution >= 4 is 15.9 Å². The van der Waals surface area contributed by atoms with Crippen molar-refractivity contribution in [2.45, 2.75) is 25.7 Å². The van der Waals surface area contributed by atoms with Crippen LogP contribution in [0.5, 0.6) is 0 Å². The smallest absolute Gasteiger partial charge is 0.177 e. The second-order valence-corrected chi connectivity index (χ2v) is 4.93. The van der Waals surface area contributed by atoms with Crippen molar-refractivity contribution in [3.63, 3.8) is 0 Å². The van der Waals surface area contributed by atoms with Crippen molar-refractivity contribution in [2.24, 2.45) is 7.05 Å². The van der Waals surface area contributed by atoms with Crippen LogP contribution < -0.4 is 0 Å². The van der Waals surface area contributed by atoms with E-state index in [4.69, 9.17) is 0 Å². The van der Waals surface area contributed by atoms with Crippen molar-refractivity contribution in [3.05, 3.63) is 16.6 Å². The topological polar surface area (TPSA) is 21.1 Å². The quantitative estimate of drug-likeness (QED) is 0.824. The van der Waals surface area contributed by atoms with Gasteiger partial charge in [0.15, 0.2) is 4.73 Å². The monoisotopic (exact) mass is 271 g/mol. The maximum absolute atomic E-state index is 4.30. The molecule has 0 aromatic carbocycles. The Balaban J connectivity index is 2.04. The summed E-state index contributed by atoms with van der Waals surface area (Å²) in [5.41, 5.74) is 1.37. The Hall–Kier alpha value is -0.350. The predicted octanol–water partition coefficient (Wildman–Crippen LogP) is 2.38. The fourth-order valence-electron chi connectivity index (χ4n) is 2.32. The van der Waals surface area contributed by atoms with Crippen LogP contribution in [-0.4, -0.2) is 34.1 Å². The molecule has 3 nitrogen and oxygen atoms in total. The number of imidazole rings is 1. The van der Waals surface area contributed by atoms with E-state index < -0.39 is 0 Å². The minimum absolute atomic E-state index is 0.691. The molecule has 0 radical (unpaired) electrons. The SMILES string of the molecule is CCN1CCC(c2cnc(Br)n2C)CC1. The van der Waals surface area contributed by atoms with Gasteiger partial charge in [-0.2, -0.15) is 0 Å². The van der Waals surface area contributed by atoms with Gasteiger partial charge >= 0.3 is 0 Å². The number of rotatable bonds is 2. The first-order chi connectivity index (χ1) is 7.22. The summed E-state index contributed by atoms with van der Waals surface area (Å²) >= 11 is 3.45. The summed E-state index contributed by atoms with van der Waals surface area (Å²) in [5, 5.41) is 0. The first-order valence-electron chi connectivity index (χ1n) is 5.61. The summed E-state index contributed by atoms with van der Waals surface area (Å²) in [4.78, 5) is 6.81. The second-order valence-electron chi connectivity index (χ2n) is 4.22. The molecule has 0 spiro atoms. The van der Waals surface area contributed by atoms with Crippen molar-refractivity contribution in [3.8, 4) is 0 Å². The Morgan fingerprint density at radius 1 is 1.47 bits per heavy atom. The van der Waals surface area contributed by atoms with Gasteiger partial charge in [-0.15, -0.1) is 0 Å². The molecule has 2 heterocycles. The number of piperidine rings is 1. The molecule has 1 fully saturated rings. The van der Waals surface area contributed by atoms with Gasteiger partial charge in [-0.3, -0.25) is 0 Å². The lowest BCUT2D eigenvalue weighted by Crippen LogP contribution is -2.33. The zero-order valence-corrected chi connectivity index (χ0v) is 11.0. The lowest BCUT2D eigenvalue weighted by molar-refractivity contribution is 0.219. The molecule has 15 heavy (non-hydrogen) atoms. The molecule has 0 aliphatic carbocycles. The summed E-state index contributed by atoms with van der Waals surface area (Å²) in [6.45, 7) is 5.87. The molecule has 4 heteroatoms. The van der Waals surface area contributed by atoms with Crippen molar-refractivity contribution in [1.29, 1.82) is 0 Å². The van der Waals surface area contributed by atoms with Crippen LogP contribution >= 0.6 is 15.9 Å². The minimum Gasteiger partial charge on any atom is -0.326 e. The molecule has 0 bridgehead atoms. The molecule has 1 aromatic rings. The van der Waals surface area contributed by atoms with Crippen LogP contribution in [0.25, 0.3) is 0 Å². The molecule has 0 unspecified atom stereocenters. The van der Waals surface area contributed by atoms with Gasteiger partial charge in [0, 0.05) is 24.9 Å². The van der Waals surface area contributed by atoms with Crippen molar-refractivity contribution < 1.29 is 0 Å². The average Bonchev–Trinajstić information content (AvgIpc) is 2.60. The zero-order valence-electron chi connectivity index (χ0n) is 9.41. The number of likely N-dealkylation sites (tertiary alicyclic amines) is 1. The van der Waals surface area contributed by atoms with Crippen LogP contribution in [0.15, 0.2) is 10.9 Å². The van der Waals surface area contributed by atoms with Gasteiger partial charge < -0.3 is 9.47 Å². The summed E-state index contributed by atoms with van der Waals surface area (Å²) in [5.74, 6) is 0.691. The van der Waals surface area contributed by atoms with Crippen molar-refractivity contribution in [1.82, 2.24) is 14.5 Å². The molecule has 1 aromatic heterocycles. The molecule has 1 aliphatic heterocycles. The van der Waals surface area contributed by atoms with E-state index in [0.29, 0.717) is 5.92 Å². The maximum Gasteiger partial charge on any atom is 0.177 e. The lowest BCUT2D eigenvalue weighted by Gasteiger charge is -2.31. The molecular weight excluding hydrogens is 254 g/mol. The first-order valence-corrected chi connectivity index (χ1v) is 6.41. The maximum atomic E-state index is 4.30. The predicted molar refractivity (Wildman–Crippen MR) is 65.0 cm³/mol. The standard InChI is InChI=1S/C11H18BrN3/c1-3-15-6-4-9(5-7-15)10-8-13-11(12)14(10)2/h8-9H,3-7H2,1-2H3. The first kappa shape index (κ1) is 11.1. The normalized spacial score (nSPS) is 19.7. The van der Waals surface area contributed by atoms with Gasteiger partial charge in [0.05, 0.1) is 0 Å². The van der Waals surface area contributed by atoms with Crippen LogP contribution in [0.3, 0.4) is 0 Å². The minimum atomic E-state index is 0.691. The van der Waals surface area contributed by atoms with E-state index in [0.717, 1.165) is 4.73 Å². The summed E-state index contributed by atoms with van der Waals surface area (Å²) in [7, 11) is 2.08. The Labute approximate surface area is 99.6 Å². The van der Waals surface area contributed by atoms with Gasteiger partial charge in [0.1, 0.15) is 0 Å². The molecule has 84 valence electrons. The Morgan fingerprint density at radius 2 is 2.13 bits per heavy atom. The van der Waals surface area contributed by atoms with E-state index in [1.165, 1.54) is 38.2 Å². The number of aromatic nitrogens is 2. The van der Waals surface area contributed by atoms with E-state index in [1.807, 2.05) is 6.20 Å². The van der Waals surface area contributed by atoms with Crippen LogP contribution in [0.2, 0.25) is 0 Å². The van der Waals surface area contributed by atoms with Crippen molar-refractivity contribution in [2.75, 3.05) is 19.6 Å². The van der Waals surface area contributed by atoms with Crippen LogP contribution in [0.1, 0.15) is 31.4 Å². The number of nitrogens with zero attached hydrogens (tertiary/aromatic N) is 3. The molecule has 0 N–H and O–H groups in total. The summed E-state index contributed by atoms with van der Waals surface area (Å²) in [6, 6.07) is 0. The molecule has 0 atom stereocenters. The van der Waals surface area contributed by atoms with Gasteiger partial charge in [-0.1, -0.05) is 6.92 Å². The van der Waals surface area contributed by atoms with E-state index in [9.17, 15) is 0 Å². The fourth-order valence-corrected chi connectivity index (χ4v) is 2.63. The third-order valence-electron chi connectivity index (χ3n) is 3.42. The number of hydrogen-bond acceptors (Lipinski definition) is 2. The zero-order chi connectivity index (χ0) is 10.8. The third kappa shape index (κ3) is 2.26. The molecule has 1 aliphatic rings. The largest absolute Gasteiger partial charge is 0.326 e. The Morgan fingerprint density at radius 3 is 2.60 bits per heavy atom. The molecular formula is C11H18BrN3. The molecule has 0 amide bonds. The van der Waals surface area contributed by atoms with Gasteiger partial charge in [-0.05, 0) is 48.4 Å². The number of hydrogen-bond donors (Lipinski definition) is 0. The van der Waals surface area contributed by atoms with E-state index >= 15 is 0 Å². The van der Waals surface area contributed by atoms with Crippen LogP contribution in [0, 0.1) is 0 Å². The highest BCUT2D eigenvalue weighted by Crippen LogP contribution is 2.28. The molecule has 2 rings (SSSR count). The molecule has 0 saturated carbocycles. The highest BCUT2D eigenvalue weighted by atomic mass is 79.9. The van der Waals surface area contributed by atoms with Gasteiger partial charge in [-0.25, -0.2) is 4.98 Å². The summed E-state index contributed by atoms with van der Waals surface area (Å²) in [6.07, 6.45) is 4.54. The highest BCUT2D eigenvalue weighted by molar-refractivity contribution is 9.10. The Kier molecular flexibility index (Phi) is 3.46. The Bertz CT molecular complexity index is 327.